The van der Waals surface area contributed by atoms with Gasteiger partial charge in [-0.05, 0) is 35.4 Å². The molecule has 2 aromatic rings. The Labute approximate surface area is 139 Å². The molecule has 1 heterocycles. The SMILES string of the molecule is O=C1NCc2cc(OS(=O)(=O)C(F)(F)F)c(-c3ccc(F)cc3)cc21. The van der Waals surface area contributed by atoms with Gasteiger partial charge in [-0.1, -0.05) is 12.1 Å². The van der Waals surface area contributed by atoms with Crippen molar-refractivity contribution in [3.8, 4) is 16.9 Å². The summed E-state index contributed by atoms with van der Waals surface area (Å²) >= 11 is 0. The van der Waals surface area contributed by atoms with E-state index >= 15 is 0 Å². The number of alkyl halides is 3. The van der Waals surface area contributed by atoms with Gasteiger partial charge in [-0.15, -0.1) is 0 Å². The van der Waals surface area contributed by atoms with Gasteiger partial charge < -0.3 is 9.50 Å². The Morgan fingerprint density at radius 1 is 1.04 bits per heavy atom. The molecule has 10 heteroatoms. The maximum absolute atomic E-state index is 13.1. The third-order valence-corrected chi connectivity index (χ3v) is 4.49. The fourth-order valence-corrected chi connectivity index (χ4v) is 2.81. The van der Waals surface area contributed by atoms with Gasteiger partial charge in [-0.3, -0.25) is 4.79 Å². The van der Waals surface area contributed by atoms with Crippen LogP contribution in [0.2, 0.25) is 0 Å². The zero-order chi connectivity index (χ0) is 18.4. The molecular weight excluding hydrogens is 366 g/mol. The van der Waals surface area contributed by atoms with Crippen molar-refractivity contribution in [1.82, 2.24) is 5.32 Å². The Kier molecular flexibility index (Phi) is 3.94. The van der Waals surface area contributed by atoms with E-state index in [9.17, 15) is 30.8 Å². The van der Waals surface area contributed by atoms with Gasteiger partial charge in [-0.25, -0.2) is 4.39 Å². The fourth-order valence-electron chi connectivity index (χ4n) is 2.34. The molecule has 0 atom stereocenters. The summed E-state index contributed by atoms with van der Waals surface area (Å²) in [5.74, 6) is -1.64. The first-order valence-corrected chi connectivity index (χ1v) is 8.21. The predicted octanol–water partition coefficient (Wildman–Crippen LogP) is 2.96. The van der Waals surface area contributed by atoms with Crippen molar-refractivity contribution < 1.29 is 35.0 Å². The summed E-state index contributed by atoms with van der Waals surface area (Å²) in [5, 5.41) is 2.47. The summed E-state index contributed by atoms with van der Waals surface area (Å²) < 4.78 is 77.8. The number of amides is 1. The predicted molar refractivity (Wildman–Crippen MR) is 78.6 cm³/mol. The van der Waals surface area contributed by atoms with E-state index in [2.05, 4.69) is 9.50 Å². The van der Waals surface area contributed by atoms with Gasteiger partial charge in [0.15, 0.2) is 5.75 Å². The first kappa shape index (κ1) is 17.2. The third-order valence-electron chi connectivity index (χ3n) is 3.53. The smallest absolute Gasteiger partial charge is 0.375 e. The number of fused-ring (bicyclic) bond motifs is 1. The Morgan fingerprint density at radius 2 is 1.68 bits per heavy atom. The molecule has 3 rings (SSSR count). The molecule has 1 aliphatic heterocycles. The molecular formula is C15H9F4NO4S. The number of halogens is 4. The first-order chi connectivity index (χ1) is 11.6. The molecule has 132 valence electrons. The second-order valence-electron chi connectivity index (χ2n) is 5.18. The van der Waals surface area contributed by atoms with Crippen LogP contribution in [-0.4, -0.2) is 19.8 Å². The van der Waals surface area contributed by atoms with Crippen molar-refractivity contribution >= 4 is 16.0 Å². The molecule has 0 bridgehead atoms. The van der Waals surface area contributed by atoms with E-state index < -0.39 is 33.1 Å². The Hall–Kier alpha value is -2.62. The number of hydrogen-bond acceptors (Lipinski definition) is 4. The maximum Gasteiger partial charge on any atom is 0.534 e. The molecule has 0 spiro atoms. The van der Waals surface area contributed by atoms with Crippen LogP contribution in [-0.2, 0) is 16.7 Å². The highest BCUT2D eigenvalue weighted by molar-refractivity contribution is 7.88. The zero-order valence-corrected chi connectivity index (χ0v) is 13.0. The van der Waals surface area contributed by atoms with Gasteiger partial charge in [0, 0.05) is 17.7 Å². The van der Waals surface area contributed by atoms with E-state index in [-0.39, 0.29) is 23.2 Å². The molecule has 0 saturated carbocycles. The van der Waals surface area contributed by atoms with E-state index in [4.69, 9.17) is 0 Å². The van der Waals surface area contributed by atoms with Crippen LogP contribution in [0.15, 0.2) is 36.4 Å². The van der Waals surface area contributed by atoms with Crippen LogP contribution in [0.25, 0.3) is 11.1 Å². The molecule has 1 N–H and O–H groups in total. The van der Waals surface area contributed by atoms with Crippen LogP contribution in [0, 0.1) is 5.82 Å². The molecule has 0 aromatic heterocycles. The minimum atomic E-state index is -5.90. The largest absolute Gasteiger partial charge is 0.534 e. The molecule has 5 nitrogen and oxygen atoms in total. The quantitative estimate of drug-likeness (QED) is 0.509. The van der Waals surface area contributed by atoms with Crippen molar-refractivity contribution in [2.24, 2.45) is 0 Å². The lowest BCUT2D eigenvalue weighted by Gasteiger charge is -2.14. The molecule has 0 aliphatic carbocycles. The van der Waals surface area contributed by atoms with Crippen molar-refractivity contribution in [2.45, 2.75) is 12.1 Å². The molecule has 0 radical (unpaired) electrons. The summed E-state index contributed by atoms with van der Waals surface area (Å²) in [6.07, 6.45) is 0. The highest BCUT2D eigenvalue weighted by Gasteiger charge is 2.49. The highest BCUT2D eigenvalue weighted by atomic mass is 32.2. The number of hydrogen-bond donors (Lipinski definition) is 1. The Morgan fingerprint density at radius 3 is 2.28 bits per heavy atom. The number of nitrogens with one attached hydrogen (secondary N) is 1. The van der Waals surface area contributed by atoms with Gasteiger partial charge in [0.25, 0.3) is 5.91 Å². The zero-order valence-electron chi connectivity index (χ0n) is 12.2. The van der Waals surface area contributed by atoms with Crippen molar-refractivity contribution in [1.29, 1.82) is 0 Å². The standard InChI is InChI=1S/C15H9F4NO4S/c16-10-3-1-8(2-4-10)11-6-12-9(7-20-14(12)21)5-13(11)24-25(22,23)15(17,18)19/h1-6H,7H2,(H,20,21). The number of carbonyl (C=O) groups is 1. The minimum Gasteiger partial charge on any atom is -0.375 e. The number of carbonyl (C=O) groups excluding carboxylic acids is 1. The fraction of sp³-hybridized carbons (Fsp3) is 0.133. The lowest BCUT2D eigenvalue weighted by atomic mass is 9.99. The summed E-state index contributed by atoms with van der Waals surface area (Å²) in [5.41, 5.74) is -5.03. The molecule has 0 unspecified atom stereocenters. The topological polar surface area (TPSA) is 72.5 Å². The Balaban J connectivity index is 2.17. The van der Waals surface area contributed by atoms with Crippen molar-refractivity contribution in [3.63, 3.8) is 0 Å². The second kappa shape index (κ2) is 5.73. The summed E-state index contributed by atoms with van der Waals surface area (Å²) in [4.78, 5) is 11.7. The van der Waals surface area contributed by atoms with Crippen LogP contribution in [0.5, 0.6) is 5.75 Å². The maximum atomic E-state index is 13.1. The average Bonchev–Trinajstić information content (AvgIpc) is 2.86. The van der Waals surface area contributed by atoms with Crippen LogP contribution in [0.1, 0.15) is 15.9 Å². The van der Waals surface area contributed by atoms with E-state index in [1.807, 2.05) is 0 Å². The molecule has 2 aromatic carbocycles. The van der Waals surface area contributed by atoms with E-state index in [0.717, 1.165) is 18.2 Å². The van der Waals surface area contributed by atoms with Gasteiger partial charge in [0.05, 0.1) is 0 Å². The lowest BCUT2D eigenvalue weighted by Crippen LogP contribution is -2.28. The van der Waals surface area contributed by atoms with E-state index in [1.54, 1.807) is 0 Å². The van der Waals surface area contributed by atoms with Crippen LogP contribution in [0.4, 0.5) is 17.6 Å². The van der Waals surface area contributed by atoms with Crippen molar-refractivity contribution in [3.05, 3.63) is 53.3 Å². The molecule has 0 saturated heterocycles. The van der Waals surface area contributed by atoms with E-state index in [0.29, 0.717) is 5.56 Å². The number of rotatable bonds is 3. The highest BCUT2D eigenvalue weighted by Crippen LogP contribution is 2.37. The summed E-state index contributed by atoms with van der Waals surface area (Å²) in [7, 11) is -5.90. The molecule has 25 heavy (non-hydrogen) atoms. The Bertz CT molecular complexity index is 953. The summed E-state index contributed by atoms with van der Waals surface area (Å²) in [6.45, 7) is 0.0281. The number of benzene rings is 2. The molecule has 1 aliphatic rings. The van der Waals surface area contributed by atoms with Crippen LogP contribution < -0.4 is 9.50 Å². The third kappa shape index (κ3) is 3.16. The lowest BCUT2D eigenvalue weighted by molar-refractivity contribution is -0.0499. The van der Waals surface area contributed by atoms with Crippen LogP contribution in [0.3, 0.4) is 0 Å². The molecule has 0 fully saturated rings. The van der Waals surface area contributed by atoms with E-state index in [1.165, 1.54) is 18.2 Å². The monoisotopic (exact) mass is 375 g/mol. The normalized spacial score (nSPS) is 14.2. The van der Waals surface area contributed by atoms with Gasteiger partial charge in [0.1, 0.15) is 5.82 Å². The van der Waals surface area contributed by atoms with Crippen molar-refractivity contribution in [2.75, 3.05) is 0 Å². The van der Waals surface area contributed by atoms with Gasteiger partial charge in [-0.2, -0.15) is 21.6 Å². The summed E-state index contributed by atoms with van der Waals surface area (Å²) in [6, 6.07) is 6.82. The van der Waals surface area contributed by atoms with Gasteiger partial charge in [0.2, 0.25) is 0 Å². The molecule has 1 amide bonds. The first-order valence-electron chi connectivity index (χ1n) is 6.80. The van der Waals surface area contributed by atoms with Gasteiger partial charge >= 0.3 is 15.6 Å². The average molecular weight is 375 g/mol. The van der Waals surface area contributed by atoms with Crippen LogP contribution >= 0.6 is 0 Å². The minimum absolute atomic E-state index is 0.0281. The second-order valence-corrected chi connectivity index (χ2v) is 6.72.